The fourth-order valence-electron chi connectivity index (χ4n) is 1.00. The molecule has 0 bridgehead atoms. The number of aliphatic hydroxyl groups excluding tert-OH is 1. The zero-order valence-electron chi connectivity index (χ0n) is 8.37. The predicted octanol–water partition coefficient (Wildman–Crippen LogP) is 2.77. The second kappa shape index (κ2) is 7.17. The van der Waals surface area contributed by atoms with Crippen LogP contribution in [0.15, 0.2) is 22.7 Å². The maximum Gasteiger partial charge on any atom is 0.234 e. The molecule has 3 nitrogen and oxygen atoms in total. The van der Waals surface area contributed by atoms with Gasteiger partial charge in [0.25, 0.3) is 0 Å². The Labute approximate surface area is 112 Å². The number of halogens is 2. The molecule has 16 heavy (non-hydrogen) atoms. The second-order valence-electron chi connectivity index (χ2n) is 2.95. The molecule has 0 saturated heterocycles. The minimum absolute atomic E-state index is 0.0877. The third kappa shape index (κ3) is 4.74. The van der Waals surface area contributed by atoms with E-state index in [0.717, 1.165) is 4.47 Å². The predicted molar refractivity (Wildman–Crippen MR) is 72.2 cm³/mol. The molecule has 1 amide bonds. The van der Waals surface area contributed by atoms with Crippen LogP contribution in [0.25, 0.3) is 0 Å². The lowest BCUT2D eigenvalue weighted by Gasteiger charge is -2.05. The summed E-state index contributed by atoms with van der Waals surface area (Å²) in [5.74, 6) is 0.811. The highest BCUT2D eigenvalue weighted by atomic mass is 79.9. The normalized spacial score (nSPS) is 10.2. The summed E-state index contributed by atoms with van der Waals surface area (Å²) in [6, 6.07) is 5.20. The van der Waals surface area contributed by atoms with Gasteiger partial charge in [0.05, 0.1) is 17.4 Å². The zero-order valence-corrected chi connectivity index (χ0v) is 11.5. The number of anilines is 1. The SMILES string of the molecule is O=C(CSCCO)Nc1ccc(Cl)c(Br)c1. The Bertz CT molecular complexity index is 376. The summed E-state index contributed by atoms with van der Waals surface area (Å²) in [5.41, 5.74) is 0.700. The van der Waals surface area contributed by atoms with Gasteiger partial charge in [0.1, 0.15) is 0 Å². The van der Waals surface area contributed by atoms with Crippen LogP contribution in [0.1, 0.15) is 0 Å². The van der Waals surface area contributed by atoms with E-state index in [1.54, 1.807) is 18.2 Å². The van der Waals surface area contributed by atoms with E-state index >= 15 is 0 Å². The number of carbonyl (C=O) groups excluding carboxylic acids is 1. The van der Waals surface area contributed by atoms with E-state index in [0.29, 0.717) is 22.2 Å². The number of amides is 1. The van der Waals surface area contributed by atoms with Crippen molar-refractivity contribution in [3.05, 3.63) is 27.7 Å². The molecule has 0 aliphatic carbocycles. The zero-order chi connectivity index (χ0) is 12.0. The van der Waals surface area contributed by atoms with Crippen molar-refractivity contribution >= 4 is 50.9 Å². The summed E-state index contributed by atoms with van der Waals surface area (Å²) in [7, 11) is 0. The molecular weight excluding hydrogens is 314 g/mol. The van der Waals surface area contributed by atoms with Gasteiger partial charge in [-0.25, -0.2) is 0 Å². The number of rotatable bonds is 5. The highest BCUT2D eigenvalue weighted by Gasteiger charge is 2.04. The molecule has 0 aromatic heterocycles. The fourth-order valence-corrected chi connectivity index (χ4v) is 2.03. The number of hydrogen-bond acceptors (Lipinski definition) is 3. The van der Waals surface area contributed by atoms with Crippen LogP contribution in [0.4, 0.5) is 5.69 Å². The molecular formula is C10H11BrClNO2S. The van der Waals surface area contributed by atoms with Crippen molar-refractivity contribution in [2.45, 2.75) is 0 Å². The highest BCUT2D eigenvalue weighted by molar-refractivity contribution is 9.10. The van der Waals surface area contributed by atoms with E-state index in [-0.39, 0.29) is 12.5 Å². The van der Waals surface area contributed by atoms with Gasteiger partial charge < -0.3 is 10.4 Å². The molecule has 0 aliphatic heterocycles. The molecule has 6 heteroatoms. The van der Waals surface area contributed by atoms with Gasteiger partial charge in [0, 0.05) is 15.9 Å². The lowest BCUT2D eigenvalue weighted by Crippen LogP contribution is -2.14. The molecule has 0 aliphatic rings. The number of hydrogen-bond donors (Lipinski definition) is 2. The highest BCUT2D eigenvalue weighted by Crippen LogP contribution is 2.25. The maximum absolute atomic E-state index is 11.4. The summed E-state index contributed by atoms with van der Waals surface area (Å²) < 4.78 is 0.745. The molecule has 88 valence electrons. The summed E-state index contributed by atoms with van der Waals surface area (Å²) in [4.78, 5) is 11.4. The summed E-state index contributed by atoms with van der Waals surface area (Å²) in [5, 5.41) is 11.9. The molecule has 0 unspecified atom stereocenters. The van der Waals surface area contributed by atoms with Crippen LogP contribution < -0.4 is 5.32 Å². The average molecular weight is 325 g/mol. The molecule has 0 atom stereocenters. The summed E-state index contributed by atoms with van der Waals surface area (Å²) >= 11 is 10.5. The van der Waals surface area contributed by atoms with Crippen LogP contribution in [0.5, 0.6) is 0 Å². The lowest BCUT2D eigenvalue weighted by atomic mass is 10.3. The minimum atomic E-state index is -0.0901. The number of carbonyl (C=O) groups is 1. The van der Waals surface area contributed by atoms with Crippen molar-refractivity contribution in [2.24, 2.45) is 0 Å². The van der Waals surface area contributed by atoms with Crippen LogP contribution in [0, 0.1) is 0 Å². The van der Waals surface area contributed by atoms with Crippen molar-refractivity contribution in [1.29, 1.82) is 0 Å². The van der Waals surface area contributed by atoms with Gasteiger partial charge in [-0.3, -0.25) is 4.79 Å². The van der Waals surface area contributed by atoms with Crippen molar-refractivity contribution in [3.63, 3.8) is 0 Å². The molecule has 1 aromatic rings. The molecule has 0 saturated carbocycles. The molecule has 2 N–H and O–H groups in total. The van der Waals surface area contributed by atoms with E-state index in [1.165, 1.54) is 11.8 Å². The van der Waals surface area contributed by atoms with Gasteiger partial charge in [-0.05, 0) is 34.1 Å². The van der Waals surface area contributed by atoms with Crippen molar-refractivity contribution in [2.75, 3.05) is 23.4 Å². The monoisotopic (exact) mass is 323 g/mol. The third-order valence-electron chi connectivity index (χ3n) is 1.67. The molecule has 0 radical (unpaired) electrons. The Morgan fingerprint density at radius 1 is 1.56 bits per heavy atom. The van der Waals surface area contributed by atoms with E-state index in [4.69, 9.17) is 16.7 Å². The van der Waals surface area contributed by atoms with E-state index in [1.807, 2.05) is 0 Å². The van der Waals surface area contributed by atoms with Gasteiger partial charge in [-0.15, -0.1) is 11.8 Å². The van der Waals surface area contributed by atoms with Crippen LogP contribution in [0.3, 0.4) is 0 Å². The van der Waals surface area contributed by atoms with Crippen LogP contribution in [-0.2, 0) is 4.79 Å². The Kier molecular flexibility index (Phi) is 6.20. The third-order valence-corrected chi connectivity index (χ3v) is 3.82. The second-order valence-corrected chi connectivity index (χ2v) is 5.32. The van der Waals surface area contributed by atoms with Crippen LogP contribution in [-0.4, -0.2) is 29.1 Å². The Morgan fingerprint density at radius 2 is 2.31 bits per heavy atom. The van der Waals surface area contributed by atoms with Gasteiger partial charge in [-0.1, -0.05) is 11.6 Å². The Morgan fingerprint density at radius 3 is 2.94 bits per heavy atom. The fraction of sp³-hybridized carbons (Fsp3) is 0.300. The molecule has 1 rings (SSSR count). The number of aliphatic hydroxyl groups is 1. The van der Waals surface area contributed by atoms with Gasteiger partial charge >= 0.3 is 0 Å². The van der Waals surface area contributed by atoms with E-state index < -0.39 is 0 Å². The van der Waals surface area contributed by atoms with Crippen LogP contribution >= 0.6 is 39.3 Å². The topological polar surface area (TPSA) is 49.3 Å². The van der Waals surface area contributed by atoms with Crippen molar-refractivity contribution in [3.8, 4) is 0 Å². The van der Waals surface area contributed by atoms with Gasteiger partial charge in [-0.2, -0.15) is 0 Å². The molecule has 0 fully saturated rings. The summed E-state index contributed by atoms with van der Waals surface area (Å²) in [6.45, 7) is 0.0877. The van der Waals surface area contributed by atoms with E-state index in [9.17, 15) is 4.79 Å². The molecule has 1 aromatic carbocycles. The number of nitrogens with one attached hydrogen (secondary N) is 1. The smallest absolute Gasteiger partial charge is 0.234 e. The van der Waals surface area contributed by atoms with E-state index in [2.05, 4.69) is 21.2 Å². The quantitative estimate of drug-likeness (QED) is 0.819. The van der Waals surface area contributed by atoms with Gasteiger partial charge in [0.2, 0.25) is 5.91 Å². The van der Waals surface area contributed by atoms with Crippen molar-refractivity contribution < 1.29 is 9.90 Å². The Balaban J connectivity index is 2.46. The van der Waals surface area contributed by atoms with Crippen LogP contribution in [0.2, 0.25) is 5.02 Å². The first-order valence-electron chi connectivity index (χ1n) is 4.57. The maximum atomic E-state index is 11.4. The first kappa shape index (κ1) is 13.8. The standard InChI is InChI=1S/C10H11BrClNO2S/c11-8-5-7(1-2-9(8)12)13-10(15)6-16-4-3-14/h1-2,5,14H,3-4,6H2,(H,13,15). The lowest BCUT2D eigenvalue weighted by molar-refractivity contribution is -0.113. The first-order chi connectivity index (χ1) is 7.63. The van der Waals surface area contributed by atoms with Crippen molar-refractivity contribution in [1.82, 2.24) is 0 Å². The number of thioether (sulfide) groups is 1. The Hall–Kier alpha value is -0.230. The average Bonchev–Trinajstić information content (AvgIpc) is 2.24. The largest absolute Gasteiger partial charge is 0.396 e. The molecule has 0 heterocycles. The minimum Gasteiger partial charge on any atom is -0.396 e. The number of benzene rings is 1. The first-order valence-corrected chi connectivity index (χ1v) is 6.89. The summed E-state index contributed by atoms with van der Waals surface area (Å²) in [6.07, 6.45) is 0. The molecule has 0 spiro atoms. The van der Waals surface area contributed by atoms with Gasteiger partial charge in [0.15, 0.2) is 0 Å².